The predicted octanol–water partition coefficient (Wildman–Crippen LogP) is 12.4. The van der Waals surface area contributed by atoms with Gasteiger partial charge in [0.2, 0.25) is 0 Å². The summed E-state index contributed by atoms with van der Waals surface area (Å²) in [5, 5.41) is 5.10. The van der Waals surface area contributed by atoms with E-state index >= 15 is 0 Å². The lowest BCUT2D eigenvalue weighted by Gasteiger charge is -2.42. The van der Waals surface area contributed by atoms with Crippen molar-refractivity contribution in [1.82, 2.24) is 0 Å². The summed E-state index contributed by atoms with van der Waals surface area (Å²) in [6, 6.07) is 50.2. The summed E-state index contributed by atoms with van der Waals surface area (Å²) < 4.78 is 0. The molecule has 222 valence electrons. The van der Waals surface area contributed by atoms with Crippen molar-refractivity contribution in [2.75, 3.05) is 4.90 Å². The number of aryl methyl sites for hydroxylation is 1. The lowest BCUT2D eigenvalue weighted by atomic mass is 9.73. The zero-order valence-corrected chi connectivity index (χ0v) is 27.1. The van der Waals surface area contributed by atoms with E-state index in [4.69, 9.17) is 0 Å². The number of rotatable bonds is 2. The molecule has 1 nitrogen and oxygen atoms in total. The molecule has 1 aliphatic heterocycles. The molecule has 7 aromatic rings. The van der Waals surface area contributed by atoms with E-state index in [1.807, 2.05) is 0 Å². The minimum absolute atomic E-state index is 0.0160. The fourth-order valence-electron chi connectivity index (χ4n) is 8.61. The Labute approximate surface area is 271 Å². The van der Waals surface area contributed by atoms with E-state index in [0.717, 1.165) is 0 Å². The lowest BCUT2D eigenvalue weighted by molar-refractivity contribution is 0.632. The van der Waals surface area contributed by atoms with Gasteiger partial charge < -0.3 is 4.90 Å². The third-order valence-corrected chi connectivity index (χ3v) is 10.9. The van der Waals surface area contributed by atoms with Gasteiger partial charge >= 0.3 is 0 Å². The number of para-hydroxylation sites is 2. The number of anilines is 3. The second-order valence-corrected chi connectivity index (χ2v) is 14.2. The van der Waals surface area contributed by atoms with Crippen LogP contribution in [-0.4, -0.2) is 0 Å². The van der Waals surface area contributed by atoms with E-state index in [1.54, 1.807) is 0 Å². The van der Waals surface area contributed by atoms with E-state index in [-0.39, 0.29) is 10.8 Å². The molecule has 1 aliphatic carbocycles. The van der Waals surface area contributed by atoms with Gasteiger partial charge in [-0.25, -0.2) is 0 Å². The van der Waals surface area contributed by atoms with Crippen LogP contribution in [0.4, 0.5) is 17.1 Å². The molecule has 0 aromatic heterocycles. The predicted molar refractivity (Wildman–Crippen MR) is 196 cm³/mol. The Kier molecular flexibility index (Phi) is 5.58. The zero-order valence-electron chi connectivity index (χ0n) is 27.1. The van der Waals surface area contributed by atoms with Gasteiger partial charge in [-0.1, -0.05) is 149 Å². The number of hydrogen-bond donors (Lipinski definition) is 0. The number of benzene rings is 7. The first-order valence-electron chi connectivity index (χ1n) is 16.5. The Balaban J connectivity index is 1.39. The first-order chi connectivity index (χ1) is 22.3. The molecule has 0 saturated carbocycles. The highest BCUT2D eigenvalue weighted by molar-refractivity contribution is 6.23. The highest BCUT2D eigenvalue weighted by Gasteiger charge is 2.38. The second-order valence-electron chi connectivity index (χ2n) is 14.2. The van der Waals surface area contributed by atoms with Crippen molar-refractivity contribution in [3.8, 4) is 22.3 Å². The van der Waals surface area contributed by atoms with Gasteiger partial charge in [0.1, 0.15) is 0 Å². The SMILES string of the molecule is Cc1ccc2c(N3c4ccccc4C(C)(C)c4ccccc43)c3ccccc3c(-c3ccc4c(c3)-c3ccccc3C4(C)C)c2c1. The van der Waals surface area contributed by atoms with Crippen LogP contribution in [-0.2, 0) is 10.8 Å². The molecule has 0 bridgehead atoms. The molecule has 0 spiro atoms. The Bertz CT molecular complexity index is 2340. The quantitative estimate of drug-likeness (QED) is 0.181. The lowest BCUT2D eigenvalue weighted by Crippen LogP contribution is -2.30. The fourth-order valence-corrected chi connectivity index (χ4v) is 8.61. The van der Waals surface area contributed by atoms with Crippen LogP contribution in [0.25, 0.3) is 43.8 Å². The number of hydrogen-bond acceptors (Lipinski definition) is 1. The van der Waals surface area contributed by atoms with Crippen molar-refractivity contribution in [3.05, 3.63) is 161 Å². The van der Waals surface area contributed by atoms with Crippen molar-refractivity contribution in [1.29, 1.82) is 0 Å². The van der Waals surface area contributed by atoms with Crippen LogP contribution in [0, 0.1) is 6.92 Å². The van der Waals surface area contributed by atoms with Crippen LogP contribution >= 0.6 is 0 Å². The minimum atomic E-state index is -0.111. The number of nitrogens with zero attached hydrogens (tertiary/aromatic N) is 1. The molecule has 0 atom stereocenters. The summed E-state index contributed by atoms with van der Waals surface area (Å²) in [6.45, 7) is 11.6. The molecule has 7 aromatic carbocycles. The van der Waals surface area contributed by atoms with E-state index in [9.17, 15) is 0 Å². The first-order valence-corrected chi connectivity index (χ1v) is 16.5. The highest BCUT2D eigenvalue weighted by atomic mass is 15.2. The first kappa shape index (κ1) is 27.2. The van der Waals surface area contributed by atoms with Crippen molar-refractivity contribution in [3.63, 3.8) is 0 Å². The number of fused-ring (bicyclic) bond motifs is 7. The molecule has 0 radical (unpaired) electrons. The van der Waals surface area contributed by atoms with Crippen molar-refractivity contribution < 1.29 is 0 Å². The second kappa shape index (κ2) is 9.44. The summed E-state index contributed by atoms with van der Waals surface area (Å²) in [6.07, 6.45) is 0. The van der Waals surface area contributed by atoms with Crippen LogP contribution in [0.1, 0.15) is 55.5 Å². The van der Waals surface area contributed by atoms with Crippen LogP contribution < -0.4 is 4.90 Å². The Morgan fingerprint density at radius 2 is 0.978 bits per heavy atom. The summed E-state index contributed by atoms with van der Waals surface area (Å²) in [5.41, 5.74) is 15.7. The molecule has 0 N–H and O–H groups in total. The van der Waals surface area contributed by atoms with Gasteiger partial charge in [-0.15, -0.1) is 0 Å². The zero-order chi connectivity index (χ0) is 31.4. The molecule has 2 aliphatic rings. The van der Waals surface area contributed by atoms with Gasteiger partial charge in [0.25, 0.3) is 0 Å². The van der Waals surface area contributed by atoms with Crippen molar-refractivity contribution in [2.45, 2.75) is 45.4 Å². The molecule has 46 heavy (non-hydrogen) atoms. The molecule has 1 heteroatoms. The molecule has 1 heterocycles. The summed E-state index contributed by atoms with van der Waals surface area (Å²) >= 11 is 0. The van der Waals surface area contributed by atoms with Gasteiger partial charge in [0, 0.05) is 21.6 Å². The molecule has 0 fully saturated rings. The van der Waals surface area contributed by atoms with Crippen molar-refractivity contribution in [2.24, 2.45) is 0 Å². The topological polar surface area (TPSA) is 3.24 Å². The Morgan fingerprint density at radius 3 is 1.70 bits per heavy atom. The van der Waals surface area contributed by atoms with E-state index in [2.05, 4.69) is 173 Å². The normalized spacial score (nSPS) is 15.4. The highest BCUT2D eigenvalue weighted by Crippen LogP contribution is 2.56. The third kappa shape index (κ3) is 3.57. The smallest absolute Gasteiger partial charge is 0.0619 e. The van der Waals surface area contributed by atoms with Gasteiger partial charge in [-0.3, -0.25) is 0 Å². The van der Waals surface area contributed by atoms with Gasteiger partial charge in [0.05, 0.1) is 17.1 Å². The summed E-state index contributed by atoms with van der Waals surface area (Å²) in [7, 11) is 0. The monoisotopic (exact) mass is 591 g/mol. The average molecular weight is 592 g/mol. The van der Waals surface area contributed by atoms with E-state index in [0.29, 0.717) is 0 Å². The standard InChI is InChI=1S/C45H37N/c1-28-22-24-33-35(26-28)42(29-23-25-37-34(27-29)30-14-8-9-17-36(30)44(37,2)3)31-15-6-7-16-32(31)43(33)46-40-20-12-10-18-38(40)45(4,5)39-19-11-13-21-41(39)46/h6-27H,1-5H3. The Morgan fingerprint density at radius 1 is 0.435 bits per heavy atom. The van der Waals surface area contributed by atoms with Crippen molar-refractivity contribution >= 4 is 38.6 Å². The van der Waals surface area contributed by atoms with Gasteiger partial charge in [-0.2, -0.15) is 0 Å². The van der Waals surface area contributed by atoms with Crippen LogP contribution in [0.3, 0.4) is 0 Å². The fraction of sp³-hybridized carbons (Fsp3) is 0.156. The van der Waals surface area contributed by atoms with Crippen LogP contribution in [0.5, 0.6) is 0 Å². The maximum Gasteiger partial charge on any atom is 0.0619 e. The molecular formula is C45H37N. The molecule has 9 rings (SSSR count). The van der Waals surface area contributed by atoms with Crippen LogP contribution in [0.15, 0.2) is 133 Å². The van der Waals surface area contributed by atoms with E-state index in [1.165, 1.54) is 88.7 Å². The maximum atomic E-state index is 2.54. The Hall–Kier alpha value is -5.14. The molecule has 0 unspecified atom stereocenters. The van der Waals surface area contributed by atoms with Crippen LogP contribution in [0.2, 0.25) is 0 Å². The maximum absolute atomic E-state index is 2.54. The summed E-state index contributed by atoms with van der Waals surface area (Å²) in [5.74, 6) is 0. The van der Waals surface area contributed by atoms with E-state index < -0.39 is 0 Å². The molecule has 0 saturated heterocycles. The summed E-state index contributed by atoms with van der Waals surface area (Å²) in [4.78, 5) is 2.54. The largest absolute Gasteiger partial charge is 0.309 e. The third-order valence-electron chi connectivity index (χ3n) is 10.9. The molecular weight excluding hydrogens is 555 g/mol. The van der Waals surface area contributed by atoms with Gasteiger partial charge in [-0.05, 0) is 80.4 Å². The molecule has 0 amide bonds. The average Bonchev–Trinajstić information content (AvgIpc) is 3.30. The minimum Gasteiger partial charge on any atom is -0.309 e. The van der Waals surface area contributed by atoms with Gasteiger partial charge in [0.15, 0.2) is 0 Å².